The van der Waals surface area contributed by atoms with Crippen molar-refractivity contribution in [2.75, 3.05) is 39.8 Å². The lowest BCUT2D eigenvalue weighted by atomic mass is 9.83. The van der Waals surface area contributed by atoms with Crippen molar-refractivity contribution in [1.29, 1.82) is 0 Å². The Balaban J connectivity index is 1.51. The molecule has 8 heteroatoms. The predicted molar refractivity (Wildman–Crippen MR) is 126 cm³/mol. The highest BCUT2D eigenvalue weighted by Crippen LogP contribution is 2.39. The minimum atomic E-state index is -0.310. The summed E-state index contributed by atoms with van der Waals surface area (Å²) < 4.78 is 10.5. The lowest BCUT2D eigenvalue weighted by Gasteiger charge is -2.44. The molecule has 182 valence electrons. The number of carbonyl (C=O) groups excluding carboxylic acids is 3. The van der Waals surface area contributed by atoms with Crippen molar-refractivity contribution in [2.45, 2.75) is 38.6 Å². The Kier molecular flexibility index (Phi) is 7.55. The number of piperazine rings is 1. The van der Waals surface area contributed by atoms with Gasteiger partial charge in [0, 0.05) is 39.1 Å². The summed E-state index contributed by atoms with van der Waals surface area (Å²) in [5.41, 5.74) is 0.954. The van der Waals surface area contributed by atoms with Crippen LogP contribution in [0.15, 0.2) is 47.1 Å². The number of carbonyl (C=O) groups is 3. The number of amides is 3. The second-order valence-electron chi connectivity index (χ2n) is 8.90. The average Bonchev–Trinajstić information content (AvgIpc) is 3.42. The van der Waals surface area contributed by atoms with Gasteiger partial charge in [-0.05, 0) is 42.7 Å². The highest BCUT2D eigenvalue weighted by Gasteiger charge is 2.42. The van der Waals surface area contributed by atoms with Gasteiger partial charge in [0.1, 0.15) is 5.75 Å². The first-order valence-electron chi connectivity index (χ1n) is 12.1. The smallest absolute Gasteiger partial charge is 0.289 e. The number of hydrogen-bond acceptors (Lipinski definition) is 5. The van der Waals surface area contributed by atoms with Crippen LogP contribution in [-0.4, -0.2) is 72.3 Å². The number of nitrogens with zero attached hydrogens (tertiary/aromatic N) is 3. The van der Waals surface area contributed by atoms with Crippen LogP contribution in [-0.2, 0) is 9.59 Å². The highest BCUT2D eigenvalue weighted by atomic mass is 16.5. The molecule has 1 aromatic carbocycles. The van der Waals surface area contributed by atoms with Crippen molar-refractivity contribution in [2.24, 2.45) is 5.92 Å². The number of rotatable bonds is 7. The van der Waals surface area contributed by atoms with Gasteiger partial charge in [-0.25, -0.2) is 0 Å². The van der Waals surface area contributed by atoms with Crippen LogP contribution >= 0.6 is 0 Å². The highest BCUT2D eigenvalue weighted by molar-refractivity contribution is 5.91. The fourth-order valence-corrected chi connectivity index (χ4v) is 4.94. The molecular formula is C26H33N3O5. The van der Waals surface area contributed by atoms with Gasteiger partial charge >= 0.3 is 0 Å². The number of unbranched alkanes of at least 4 members (excludes halogenated alkanes) is 1. The molecule has 2 aliphatic rings. The molecule has 2 saturated heterocycles. The van der Waals surface area contributed by atoms with Crippen molar-refractivity contribution in [3.63, 3.8) is 0 Å². The molecule has 3 amide bonds. The van der Waals surface area contributed by atoms with Gasteiger partial charge in [-0.3, -0.25) is 14.4 Å². The number of hydrogen-bond donors (Lipinski definition) is 0. The van der Waals surface area contributed by atoms with Crippen LogP contribution in [0.5, 0.6) is 5.75 Å². The molecule has 2 unspecified atom stereocenters. The SMILES string of the molecule is CCCCN1C(=O)CCC(C(=O)N2CCN(C(=O)c3ccco3)CC2)C1c1ccc(OC)cc1. The third-order valence-electron chi connectivity index (χ3n) is 6.84. The molecule has 2 aliphatic heterocycles. The molecule has 0 bridgehead atoms. The number of ether oxygens (including phenoxy) is 1. The number of methoxy groups -OCH3 is 1. The second kappa shape index (κ2) is 10.8. The van der Waals surface area contributed by atoms with E-state index >= 15 is 0 Å². The molecule has 2 fully saturated rings. The van der Waals surface area contributed by atoms with Crippen molar-refractivity contribution in [3.05, 3.63) is 54.0 Å². The summed E-state index contributed by atoms with van der Waals surface area (Å²) in [6.07, 6.45) is 4.27. The molecular weight excluding hydrogens is 434 g/mol. The largest absolute Gasteiger partial charge is 0.497 e. The maximum atomic E-state index is 13.7. The molecule has 0 spiro atoms. The standard InChI is InChI=1S/C26H33N3O5/c1-3-4-13-29-23(30)12-11-21(24(29)19-7-9-20(33-2)10-8-19)25(31)27-14-16-28(17-15-27)26(32)22-6-5-18-34-22/h5-10,18,21,24H,3-4,11-17H2,1-2H3. The van der Waals surface area contributed by atoms with E-state index in [2.05, 4.69) is 6.92 Å². The van der Waals surface area contributed by atoms with Gasteiger partial charge in [0.15, 0.2) is 5.76 Å². The normalized spacial score (nSPS) is 21.0. The molecule has 3 heterocycles. The summed E-state index contributed by atoms with van der Waals surface area (Å²) in [5.74, 6) is 0.757. The Morgan fingerprint density at radius 2 is 1.76 bits per heavy atom. The third-order valence-corrected chi connectivity index (χ3v) is 6.84. The predicted octanol–water partition coefficient (Wildman–Crippen LogP) is 3.35. The summed E-state index contributed by atoms with van der Waals surface area (Å²) in [6, 6.07) is 10.7. The van der Waals surface area contributed by atoms with Gasteiger partial charge < -0.3 is 23.9 Å². The molecule has 8 nitrogen and oxygen atoms in total. The van der Waals surface area contributed by atoms with Crippen LogP contribution in [0.4, 0.5) is 0 Å². The van der Waals surface area contributed by atoms with E-state index in [1.54, 1.807) is 24.1 Å². The molecule has 1 aromatic heterocycles. The van der Waals surface area contributed by atoms with E-state index in [4.69, 9.17) is 9.15 Å². The fourth-order valence-electron chi connectivity index (χ4n) is 4.94. The fraction of sp³-hybridized carbons (Fsp3) is 0.500. The van der Waals surface area contributed by atoms with Crippen LogP contribution < -0.4 is 4.74 Å². The maximum absolute atomic E-state index is 13.7. The Hall–Kier alpha value is -3.29. The molecule has 2 atom stereocenters. The van der Waals surface area contributed by atoms with E-state index in [9.17, 15) is 14.4 Å². The van der Waals surface area contributed by atoms with Gasteiger partial charge in [-0.1, -0.05) is 25.5 Å². The molecule has 4 rings (SSSR count). The zero-order valence-corrected chi connectivity index (χ0v) is 19.9. The van der Waals surface area contributed by atoms with Gasteiger partial charge in [-0.2, -0.15) is 0 Å². The Morgan fingerprint density at radius 3 is 2.38 bits per heavy atom. The van der Waals surface area contributed by atoms with Crippen LogP contribution in [0.3, 0.4) is 0 Å². The summed E-state index contributed by atoms with van der Waals surface area (Å²) in [6.45, 7) is 4.61. The Morgan fingerprint density at radius 1 is 1.06 bits per heavy atom. The molecule has 2 aromatic rings. The number of furan rings is 1. The quantitative estimate of drug-likeness (QED) is 0.624. The molecule has 0 saturated carbocycles. The van der Waals surface area contributed by atoms with Gasteiger partial charge in [-0.15, -0.1) is 0 Å². The van der Waals surface area contributed by atoms with Crippen molar-refractivity contribution < 1.29 is 23.5 Å². The van der Waals surface area contributed by atoms with E-state index in [1.807, 2.05) is 34.1 Å². The average molecular weight is 468 g/mol. The zero-order valence-electron chi connectivity index (χ0n) is 19.9. The van der Waals surface area contributed by atoms with Gasteiger partial charge in [0.25, 0.3) is 5.91 Å². The van der Waals surface area contributed by atoms with E-state index in [0.29, 0.717) is 51.3 Å². The first kappa shape index (κ1) is 23.9. The topological polar surface area (TPSA) is 83.3 Å². The number of piperidine rings is 1. The van der Waals surface area contributed by atoms with Crippen molar-refractivity contribution in [1.82, 2.24) is 14.7 Å². The summed E-state index contributed by atoms with van der Waals surface area (Å²) >= 11 is 0. The molecule has 0 radical (unpaired) electrons. The van der Waals surface area contributed by atoms with Crippen LogP contribution in [0.25, 0.3) is 0 Å². The third kappa shape index (κ3) is 4.95. The molecule has 0 N–H and O–H groups in total. The van der Waals surface area contributed by atoms with Crippen LogP contribution in [0, 0.1) is 5.92 Å². The lowest BCUT2D eigenvalue weighted by molar-refractivity contribution is -0.149. The van der Waals surface area contributed by atoms with Gasteiger partial charge in [0.2, 0.25) is 11.8 Å². The van der Waals surface area contributed by atoms with Crippen molar-refractivity contribution in [3.8, 4) is 5.75 Å². The summed E-state index contributed by atoms with van der Waals surface area (Å²) in [4.78, 5) is 44.7. The first-order chi connectivity index (χ1) is 16.5. The van der Waals surface area contributed by atoms with E-state index in [-0.39, 0.29) is 29.7 Å². The number of likely N-dealkylation sites (tertiary alicyclic amines) is 1. The second-order valence-corrected chi connectivity index (χ2v) is 8.90. The van der Waals surface area contributed by atoms with Crippen molar-refractivity contribution >= 4 is 17.7 Å². The van der Waals surface area contributed by atoms with E-state index < -0.39 is 0 Å². The van der Waals surface area contributed by atoms with Gasteiger partial charge in [0.05, 0.1) is 25.3 Å². The first-order valence-corrected chi connectivity index (χ1v) is 12.1. The Bertz CT molecular complexity index is 980. The van der Waals surface area contributed by atoms with E-state index in [1.165, 1.54) is 6.26 Å². The minimum absolute atomic E-state index is 0.0555. The van der Waals surface area contributed by atoms with Crippen LogP contribution in [0.1, 0.15) is 54.8 Å². The minimum Gasteiger partial charge on any atom is -0.497 e. The summed E-state index contributed by atoms with van der Waals surface area (Å²) in [7, 11) is 1.62. The Labute approximate surface area is 200 Å². The zero-order chi connectivity index (χ0) is 24.1. The molecule has 34 heavy (non-hydrogen) atoms. The van der Waals surface area contributed by atoms with Crippen LogP contribution in [0.2, 0.25) is 0 Å². The lowest BCUT2D eigenvalue weighted by Crippen LogP contribution is -2.55. The van der Waals surface area contributed by atoms with E-state index in [0.717, 1.165) is 24.2 Å². The maximum Gasteiger partial charge on any atom is 0.289 e. The summed E-state index contributed by atoms with van der Waals surface area (Å²) in [5, 5.41) is 0. The number of benzene rings is 1. The monoisotopic (exact) mass is 467 g/mol. The molecule has 0 aliphatic carbocycles.